The third kappa shape index (κ3) is 2.92. The van der Waals surface area contributed by atoms with Crippen molar-refractivity contribution in [2.45, 2.75) is 25.3 Å². The van der Waals surface area contributed by atoms with E-state index < -0.39 is 0 Å². The molecule has 0 aliphatic heterocycles. The van der Waals surface area contributed by atoms with E-state index in [0.717, 1.165) is 34.9 Å². The summed E-state index contributed by atoms with van der Waals surface area (Å²) < 4.78 is 13.1. The number of nitrogens with one attached hydrogen (secondary N) is 2. The van der Waals surface area contributed by atoms with Crippen molar-refractivity contribution in [2.75, 3.05) is 0 Å². The number of halogens is 1. The van der Waals surface area contributed by atoms with Crippen LogP contribution in [-0.2, 0) is 11.3 Å². The first-order valence-electron chi connectivity index (χ1n) is 8.30. The number of amides is 1. The number of para-hydroxylation sites is 1. The zero-order valence-corrected chi connectivity index (χ0v) is 13.3. The van der Waals surface area contributed by atoms with Gasteiger partial charge in [0.15, 0.2) is 0 Å². The van der Waals surface area contributed by atoms with E-state index in [9.17, 15) is 9.18 Å². The lowest BCUT2D eigenvalue weighted by Gasteiger charge is -2.16. The molecule has 0 spiro atoms. The van der Waals surface area contributed by atoms with Gasteiger partial charge < -0.3 is 10.3 Å². The van der Waals surface area contributed by atoms with Crippen LogP contribution >= 0.6 is 0 Å². The van der Waals surface area contributed by atoms with Gasteiger partial charge in [-0.05, 0) is 48.1 Å². The quantitative estimate of drug-likeness (QED) is 0.729. The Morgan fingerprint density at radius 1 is 1.17 bits per heavy atom. The van der Waals surface area contributed by atoms with Crippen LogP contribution in [0.15, 0.2) is 54.7 Å². The molecule has 2 N–H and O–H groups in total. The molecule has 3 nitrogen and oxygen atoms in total. The van der Waals surface area contributed by atoms with Gasteiger partial charge >= 0.3 is 0 Å². The van der Waals surface area contributed by atoms with Gasteiger partial charge in [-0.15, -0.1) is 0 Å². The van der Waals surface area contributed by atoms with Crippen molar-refractivity contribution in [1.82, 2.24) is 10.3 Å². The van der Waals surface area contributed by atoms with Gasteiger partial charge in [0.1, 0.15) is 5.82 Å². The second kappa shape index (κ2) is 6.11. The van der Waals surface area contributed by atoms with Gasteiger partial charge in [-0.25, -0.2) is 4.39 Å². The van der Waals surface area contributed by atoms with Gasteiger partial charge in [-0.1, -0.05) is 30.3 Å². The lowest BCUT2D eigenvalue weighted by molar-refractivity contribution is -0.123. The fourth-order valence-electron chi connectivity index (χ4n) is 3.31. The van der Waals surface area contributed by atoms with E-state index in [1.807, 2.05) is 30.5 Å². The molecule has 1 fully saturated rings. The summed E-state index contributed by atoms with van der Waals surface area (Å²) in [6.45, 7) is 0.493. The first-order valence-corrected chi connectivity index (χ1v) is 8.30. The Morgan fingerprint density at radius 2 is 1.92 bits per heavy atom. The van der Waals surface area contributed by atoms with Crippen molar-refractivity contribution in [3.63, 3.8) is 0 Å². The first kappa shape index (κ1) is 14.9. The average molecular weight is 322 g/mol. The van der Waals surface area contributed by atoms with Crippen LogP contribution in [0.5, 0.6) is 0 Å². The standard InChI is InChI=1S/C20H19FN2O/c21-16-9-7-14(8-10-16)19(13-5-6-13)20(24)23-12-15-11-22-18-4-2-1-3-17(15)18/h1-4,7-11,13,19,22H,5-6,12H2,(H,23,24). The molecule has 1 amide bonds. The maximum absolute atomic E-state index is 13.1. The number of fused-ring (bicyclic) bond motifs is 1. The summed E-state index contributed by atoms with van der Waals surface area (Å²) in [5.74, 6) is -0.0591. The van der Waals surface area contributed by atoms with E-state index in [4.69, 9.17) is 0 Å². The highest BCUT2D eigenvalue weighted by Crippen LogP contribution is 2.42. The van der Waals surface area contributed by atoms with E-state index in [1.54, 1.807) is 12.1 Å². The van der Waals surface area contributed by atoms with Gasteiger partial charge in [-0.3, -0.25) is 4.79 Å². The molecule has 1 saturated carbocycles. The summed E-state index contributed by atoms with van der Waals surface area (Å²) in [4.78, 5) is 15.9. The first-order chi connectivity index (χ1) is 11.7. The zero-order valence-electron chi connectivity index (χ0n) is 13.3. The minimum atomic E-state index is -0.271. The van der Waals surface area contributed by atoms with Crippen LogP contribution in [0.25, 0.3) is 10.9 Å². The lowest BCUT2D eigenvalue weighted by atomic mass is 9.93. The molecule has 2 aromatic carbocycles. The van der Waals surface area contributed by atoms with Crippen LogP contribution in [0.3, 0.4) is 0 Å². The van der Waals surface area contributed by atoms with Gasteiger partial charge in [-0.2, -0.15) is 0 Å². The van der Waals surface area contributed by atoms with E-state index in [0.29, 0.717) is 12.5 Å². The molecule has 1 aliphatic rings. The molecule has 0 bridgehead atoms. The third-order valence-electron chi connectivity index (χ3n) is 4.73. The molecule has 1 aliphatic carbocycles. The normalized spacial score (nSPS) is 15.4. The molecule has 4 heteroatoms. The fraction of sp³-hybridized carbons (Fsp3) is 0.250. The Bertz CT molecular complexity index is 865. The molecule has 1 aromatic heterocycles. The van der Waals surface area contributed by atoms with E-state index in [1.165, 1.54) is 12.1 Å². The summed E-state index contributed by atoms with van der Waals surface area (Å²) in [5.41, 5.74) is 3.04. The maximum Gasteiger partial charge on any atom is 0.228 e. The lowest BCUT2D eigenvalue weighted by Crippen LogP contribution is -2.30. The van der Waals surface area contributed by atoms with Crippen molar-refractivity contribution in [3.05, 3.63) is 71.7 Å². The molecule has 0 radical (unpaired) electrons. The molecule has 1 unspecified atom stereocenters. The van der Waals surface area contributed by atoms with Gasteiger partial charge in [0.05, 0.1) is 5.92 Å². The summed E-state index contributed by atoms with van der Waals surface area (Å²) in [7, 11) is 0. The zero-order chi connectivity index (χ0) is 16.5. The van der Waals surface area contributed by atoms with Crippen molar-refractivity contribution in [2.24, 2.45) is 5.92 Å². The van der Waals surface area contributed by atoms with Crippen LogP contribution < -0.4 is 5.32 Å². The average Bonchev–Trinajstić information content (AvgIpc) is 3.34. The smallest absolute Gasteiger partial charge is 0.228 e. The van der Waals surface area contributed by atoms with Crippen LogP contribution in [0.2, 0.25) is 0 Å². The van der Waals surface area contributed by atoms with E-state index in [2.05, 4.69) is 10.3 Å². The number of aromatic amines is 1. The van der Waals surface area contributed by atoms with Crippen LogP contribution in [0.4, 0.5) is 4.39 Å². The number of carbonyl (C=O) groups is 1. The molecule has 24 heavy (non-hydrogen) atoms. The number of benzene rings is 2. The Labute approximate surface area is 139 Å². The Balaban J connectivity index is 1.50. The molecular weight excluding hydrogens is 303 g/mol. The van der Waals surface area contributed by atoms with Crippen LogP contribution in [-0.4, -0.2) is 10.9 Å². The van der Waals surface area contributed by atoms with Crippen molar-refractivity contribution in [3.8, 4) is 0 Å². The highest BCUT2D eigenvalue weighted by molar-refractivity contribution is 5.86. The second-order valence-electron chi connectivity index (χ2n) is 6.44. The largest absolute Gasteiger partial charge is 0.361 e. The van der Waals surface area contributed by atoms with Gasteiger partial charge in [0, 0.05) is 23.6 Å². The number of carbonyl (C=O) groups excluding carboxylic acids is 1. The third-order valence-corrected chi connectivity index (χ3v) is 4.73. The van der Waals surface area contributed by atoms with Crippen molar-refractivity contribution >= 4 is 16.8 Å². The molecule has 3 aromatic rings. The molecule has 4 rings (SSSR count). The highest BCUT2D eigenvalue weighted by Gasteiger charge is 2.37. The summed E-state index contributed by atoms with van der Waals surface area (Å²) >= 11 is 0. The molecule has 1 heterocycles. The molecule has 1 atom stereocenters. The number of rotatable bonds is 5. The number of hydrogen-bond donors (Lipinski definition) is 2. The van der Waals surface area contributed by atoms with Crippen LogP contribution in [0.1, 0.15) is 29.9 Å². The summed E-state index contributed by atoms with van der Waals surface area (Å²) in [6, 6.07) is 14.4. The topological polar surface area (TPSA) is 44.9 Å². The number of aromatic nitrogens is 1. The Morgan fingerprint density at radius 3 is 2.67 bits per heavy atom. The van der Waals surface area contributed by atoms with Crippen LogP contribution in [0, 0.1) is 11.7 Å². The molecule has 122 valence electrons. The fourth-order valence-corrected chi connectivity index (χ4v) is 3.31. The van der Waals surface area contributed by atoms with E-state index in [-0.39, 0.29) is 17.6 Å². The SMILES string of the molecule is O=C(NCc1c[nH]c2ccccc12)C(c1ccc(F)cc1)C1CC1. The molecule has 0 saturated heterocycles. The molecular formula is C20H19FN2O. The number of H-pyrrole nitrogens is 1. The predicted molar refractivity (Wildman–Crippen MR) is 92.0 cm³/mol. The Kier molecular flexibility index (Phi) is 3.81. The van der Waals surface area contributed by atoms with Crippen molar-refractivity contribution in [1.29, 1.82) is 0 Å². The number of hydrogen-bond acceptors (Lipinski definition) is 1. The van der Waals surface area contributed by atoms with Gasteiger partial charge in [0.2, 0.25) is 5.91 Å². The predicted octanol–water partition coefficient (Wildman–Crippen LogP) is 4.12. The van der Waals surface area contributed by atoms with Gasteiger partial charge in [0.25, 0.3) is 0 Å². The Hall–Kier alpha value is -2.62. The monoisotopic (exact) mass is 322 g/mol. The summed E-state index contributed by atoms with van der Waals surface area (Å²) in [6.07, 6.45) is 4.06. The van der Waals surface area contributed by atoms with E-state index >= 15 is 0 Å². The second-order valence-corrected chi connectivity index (χ2v) is 6.44. The highest BCUT2D eigenvalue weighted by atomic mass is 19.1. The van der Waals surface area contributed by atoms with Crippen molar-refractivity contribution < 1.29 is 9.18 Å². The maximum atomic E-state index is 13.1. The summed E-state index contributed by atoms with van der Waals surface area (Å²) in [5, 5.41) is 4.19. The minimum Gasteiger partial charge on any atom is -0.361 e. The minimum absolute atomic E-state index is 0.0226.